The number of ether oxygens (including phenoxy) is 2. The minimum absolute atomic E-state index is 0.109. The molecule has 3 saturated heterocycles. The molecule has 6 rings (SSSR count). The highest BCUT2D eigenvalue weighted by atomic mass is 16.6. The second kappa shape index (κ2) is 4.80. The Kier molecular flexibility index (Phi) is 3.18. The Morgan fingerprint density at radius 3 is 2.39 bits per heavy atom. The zero-order valence-electron chi connectivity index (χ0n) is 16.3. The maximum absolute atomic E-state index is 13.4. The third-order valence-corrected chi connectivity index (χ3v) is 8.30. The average Bonchev–Trinajstić information content (AvgIpc) is 2.89. The fourth-order valence-corrected chi connectivity index (χ4v) is 6.91. The van der Waals surface area contributed by atoms with Gasteiger partial charge in [-0.2, -0.15) is 0 Å². The van der Waals surface area contributed by atoms with Crippen molar-refractivity contribution < 1.29 is 39.5 Å². The summed E-state index contributed by atoms with van der Waals surface area (Å²) in [5.41, 5.74) is -6.31. The van der Waals surface area contributed by atoms with Gasteiger partial charge >= 0.3 is 5.97 Å². The van der Waals surface area contributed by atoms with E-state index in [0.717, 1.165) is 0 Å². The number of hydrogen-bond acceptors (Lipinski definition) is 8. The van der Waals surface area contributed by atoms with Gasteiger partial charge in [-0.05, 0) is 32.6 Å². The molecule has 3 aliphatic carbocycles. The molecule has 3 aliphatic heterocycles. The number of Topliss-reactive ketones (excluding diaryl/α,β-unsaturated/α-hetero) is 1. The summed E-state index contributed by atoms with van der Waals surface area (Å²) in [7, 11) is 0. The number of aliphatic hydroxyl groups is 4. The van der Waals surface area contributed by atoms with E-state index < -0.39 is 64.1 Å². The Morgan fingerprint density at radius 2 is 1.75 bits per heavy atom. The van der Waals surface area contributed by atoms with Gasteiger partial charge in [-0.3, -0.25) is 4.79 Å². The lowest BCUT2D eigenvalue weighted by Gasteiger charge is -2.63. The molecule has 2 saturated carbocycles. The Bertz CT molecular complexity index is 847. The molecule has 4 N–H and O–H groups in total. The van der Waals surface area contributed by atoms with Crippen molar-refractivity contribution in [1.82, 2.24) is 0 Å². The molecule has 4 bridgehead atoms. The lowest BCUT2D eigenvalue weighted by atomic mass is 9.55. The number of allylic oxidation sites excluding steroid dienone is 1. The predicted octanol–water partition coefficient (Wildman–Crippen LogP) is -0.0107. The fourth-order valence-electron chi connectivity index (χ4n) is 6.91. The summed E-state index contributed by atoms with van der Waals surface area (Å²) in [6.07, 6.45) is -2.38. The van der Waals surface area contributed by atoms with E-state index in [-0.39, 0.29) is 30.1 Å². The minimum atomic E-state index is -1.84. The summed E-state index contributed by atoms with van der Waals surface area (Å²) in [6.45, 7) is 6.52. The van der Waals surface area contributed by atoms with Gasteiger partial charge < -0.3 is 29.9 Å². The fraction of sp³-hybridized carbons (Fsp3) is 0.800. The monoisotopic (exact) mass is 394 g/mol. The molecule has 28 heavy (non-hydrogen) atoms. The molecule has 0 unspecified atom stereocenters. The second-order valence-electron chi connectivity index (χ2n) is 9.85. The highest BCUT2D eigenvalue weighted by molar-refractivity contribution is 6.01. The van der Waals surface area contributed by atoms with Crippen LogP contribution in [0.15, 0.2) is 11.3 Å². The highest BCUT2D eigenvalue weighted by Crippen LogP contribution is 2.73. The van der Waals surface area contributed by atoms with Crippen molar-refractivity contribution in [3.8, 4) is 0 Å². The van der Waals surface area contributed by atoms with Gasteiger partial charge in [-0.15, -0.1) is 0 Å². The summed E-state index contributed by atoms with van der Waals surface area (Å²) in [5, 5.41) is 44.1. The summed E-state index contributed by atoms with van der Waals surface area (Å²) in [4.78, 5) is 26.4. The van der Waals surface area contributed by atoms with Gasteiger partial charge in [0.25, 0.3) is 0 Å². The van der Waals surface area contributed by atoms with Crippen molar-refractivity contribution >= 4 is 11.8 Å². The lowest BCUT2D eigenvalue weighted by molar-refractivity contribution is -0.342. The molecule has 0 aromatic rings. The molecule has 8 heteroatoms. The van der Waals surface area contributed by atoms with Crippen LogP contribution >= 0.6 is 0 Å². The number of hydrogen-bond donors (Lipinski definition) is 4. The van der Waals surface area contributed by atoms with Gasteiger partial charge in [0.2, 0.25) is 0 Å². The first-order valence-corrected chi connectivity index (χ1v) is 9.85. The van der Waals surface area contributed by atoms with Crippen LogP contribution in [0.3, 0.4) is 0 Å². The first kappa shape index (κ1) is 18.5. The van der Waals surface area contributed by atoms with E-state index in [0.29, 0.717) is 0 Å². The molecular weight excluding hydrogens is 368 g/mol. The first-order chi connectivity index (χ1) is 12.8. The molecule has 154 valence electrons. The van der Waals surface area contributed by atoms with E-state index in [2.05, 4.69) is 0 Å². The van der Waals surface area contributed by atoms with E-state index >= 15 is 0 Å². The van der Waals surface area contributed by atoms with E-state index in [1.165, 1.54) is 6.92 Å². The largest absolute Gasteiger partial charge is 0.511 e. The molecule has 10 atom stereocenters. The van der Waals surface area contributed by atoms with Crippen molar-refractivity contribution in [1.29, 1.82) is 0 Å². The summed E-state index contributed by atoms with van der Waals surface area (Å²) in [6, 6.07) is 0. The SMILES string of the molecule is C[C@H]1C[C@](C)(O)C(=O)[C@@H]2[C@@H](O)[C@H]3[C@H](O)[C@@]4(C)O[C@@]25/C(=C\1O)C(=O)O[C@@]35C[C@@H]4C. The van der Waals surface area contributed by atoms with Crippen molar-refractivity contribution in [2.75, 3.05) is 0 Å². The van der Waals surface area contributed by atoms with Crippen LogP contribution in [-0.2, 0) is 19.1 Å². The molecule has 6 aliphatic rings. The summed E-state index contributed by atoms with van der Waals surface area (Å²) < 4.78 is 12.2. The number of aliphatic hydroxyl groups excluding tert-OH is 3. The van der Waals surface area contributed by atoms with E-state index in [1.807, 2.05) is 6.92 Å². The molecule has 5 fully saturated rings. The van der Waals surface area contributed by atoms with Crippen LogP contribution in [0.4, 0.5) is 0 Å². The summed E-state index contributed by atoms with van der Waals surface area (Å²) in [5.74, 6) is -4.92. The normalized spacial score (nSPS) is 62.4. The van der Waals surface area contributed by atoms with Gasteiger partial charge in [0.05, 0.1) is 29.6 Å². The Balaban J connectivity index is 1.89. The number of rotatable bonds is 0. The van der Waals surface area contributed by atoms with E-state index in [9.17, 15) is 30.0 Å². The Morgan fingerprint density at radius 1 is 1.11 bits per heavy atom. The van der Waals surface area contributed by atoms with Crippen LogP contribution in [-0.4, -0.2) is 66.8 Å². The van der Waals surface area contributed by atoms with Crippen molar-refractivity contribution in [2.24, 2.45) is 23.7 Å². The Labute approximate surface area is 162 Å². The van der Waals surface area contributed by atoms with Gasteiger partial charge in [-0.25, -0.2) is 4.79 Å². The molecule has 0 aromatic heterocycles. The van der Waals surface area contributed by atoms with Gasteiger partial charge in [0.1, 0.15) is 16.9 Å². The smallest absolute Gasteiger partial charge is 0.341 e. The predicted molar refractivity (Wildman–Crippen MR) is 92.9 cm³/mol. The van der Waals surface area contributed by atoms with Gasteiger partial charge in [-0.1, -0.05) is 13.8 Å². The zero-order valence-corrected chi connectivity index (χ0v) is 16.3. The van der Waals surface area contributed by atoms with Crippen LogP contribution in [0.5, 0.6) is 0 Å². The van der Waals surface area contributed by atoms with Gasteiger partial charge in [0.15, 0.2) is 17.0 Å². The topological polar surface area (TPSA) is 134 Å². The molecule has 0 aromatic carbocycles. The second-order valence-corrected chi connectivity index (χ2v) is 9.85. The van der Waals surface area contributed by atoms with E-state index in [4.69, 9.17) is 9.47 Å². The third-order valence-electron chi connectivity index (χ3n) is 8.30. The number of carbonyl (C=O) groups is 2. The van der Waals surface area contributed by atoms with Crippen LogP contribution in [0.2, 0.25) is 0 Å². The number of carbonyl (C=O) groups excluding carboxylic acids is 2. The van der Waals surface area contributed by atoms with Crippen LogP contribution in [0, 0.1) is 23.7 Å². The van der Waals surface area contributed by atoms with Crippen molar-refractivity contribution in [2.45, 2.75) is 75.1 Å². The third kappa shape index (κ3) is 1.58. The van der Waals surface area contributed by atoms with E-state index in [1.54, 1.807) is 13.8 Å². The number of esters is 1. The standard InChI is InChI=1S/C20H26O8/c1-7-5-17(3,26)14(23)10-13(22)9-15(24)18(4)8(2)6-19(9)20(10,28-18)11(12(7)21)16(25)27-19/h7-10,13,15,21-22,24,26H,5-6H2,1-4H3/b12-11+/t7-,8-,9-,10-,13-,15-,17-,18-,19-,20+/m0/s1. The number of ketones is 1. The molecule has 3 heterocycles. The minimum Gasteiger partial charge on any atom is -0.511 e. The van der Waals surface area contributed by atoms with Crippen molar-refractivity contribution in [3.63, 3.8) is 0 Å². The molecule has 8 nitrogen and oxygen atoms in total. The molecule has 2 spiro atoms. The maximum atomic E-state index is 13.4. The zero-order chi connectivity index (χ0) is 20.6. The average molecular weight is 394 g/mol. The maximum Gasteiger partial charge on any atom is 0.341 e. The lowest BCUT2D eigenvalue weighted by Crippen LogP contribution is -2.76. The molecule has 0 amide bonds. The van der Waals surface area contributed by atoms with Gasteiger partial charge in [0, 0.05) is 5.92 Å². The van der Waals surface area contributed by atoms with Crippen molar-refractivity contribution in [3.05, 3.63) is 11.3 Å². The first-order valence-electron chi connectivity index (χ1n) is 9.85. The molecular formula is C20H26O8. The number of fused-ring (bicyclic) bond motifs is 1. The summed E-state index contributed by atoms with van der Waals surface area (Å²) >= 11 is 0. The quantitative estimate of drug-likeness (QED) is 0.422. The Hall–Kier alpha value is -1.48. The van der Waals surface area contributed by atoms with Crippen LogP contribution in [0.25, 0.3) is 0 Å². The van der Waals surface area contributed by atoms with Crippen LogP contribution in [0.1, 0.15) is 40.5 Å². The molecule has 0 radical (unpaired) electrons. The van der Waals surface area contributed by atoms with Crippen LogP contribution < -0.4 is 0 Å². The highest BCUT2D eigenvalue weighted by Gasteiger charge is 2.89.